The Kier molecular flexibility index (Phi) is 6.42. The number of hydrogen-bond acceptors (Lipinski definition) is 6. The third-order valence-electron chi connectivity index (χ3n) is 4.59. The third kappa shape index (κ3) is 5.29. The van der Waals surface area contributed by atoms with Crippen LogP contribution in [0, 0.1) is 5.82 Å². The predicted molar refractivity (Wildman–Crippen MR) is 108 cm³/mol. The van der Waals surface area contributed by atoms with Crippen LogP contribution in [-0.4, -0.2) is 64.7 Å². The molecule has 29 heavy (non-hydrogen) atoms. The Hall–Kier alpha value is -3.01. The molecule has 1 unspecified atom stereocenters. The van der Waals surface area contributed by atoms with Crippen LogP contribution in [0.5, 0.6) is 0 Å². The molecule has 1 aromatic heterocycles. The fraction of sp³-hybridized carbons (Fsp3) is 0.368. The second-order valence-corrected chi connectivity index (χ2v) is 7.55. The number of nitrogens with one attached hydrogen (secondary N) is 2. The van der Waals surface area contributed by atoms with Crippen molar-refractivity contribution < 1.29 is 18.8 Å². The van der Waals surface area contributed by atoms with Gasteiger partial charge in [-0.1, -0.05) is 0 Å². The molecule has 0 aliphatic carbocycles. The van der Waals surface area contributed by atoms with Crippen LogP contribution in [0.1, 0.15) is 24.3 Å². The number of aromatic nitrogens is 1. The number of nitrogens with zero attached hydrogens (tertiary/aromatic N) is 3. The third-order valence-corrected chi connectivity index (χ3v) is 5.34. The Morgan fingerprint density at radius 1 is 1.10 bits per heavy atom. The minimum absolute atomic E-state index is 0.00738. The van der Waals surface area contributed by atoms with Gasteiger partial charge >= 0.3 is 0 Å². The zero-order valence-electron chi connectivity index (χ0n) is 16.1. The first kappa shape index (κ1) is 20.7. The van der Waals surface area contributed by atoms with Gasteiger partial charge in [0.05, 0.1) is 0 Å². The van der Waals surface area contributed by atoms with Crippen molar-refractivity contribution in [3.63, 3.8) is 0 Å². The van der Waals surface area contributed by atoms with Gasteiger partial charge in [-0.05, 0) is 31.2 Å². The molecule has 2 N–H and O–H groups in total. The number of rotatable bonds is 5. The molecule has 154 valence electrons. The lowest BCUT2D eigenvalue weighted by Gasteiger charge is -2.35. The van der Waals surface area contributed by atoms with Gasteiger partial charge in [-0.25, -0.2) is 9.37 Å². The van der Waals surface area contributed by atoms with Crippen LogP contribution in [0.2, 0.25) is 0 Å². The van der Waals surface area contributed by atoms with Crippen molar-refractivity contribution >= 4 is 39.9 Å². The molecule has 1 saturated heterocycles. The molecule has 1 aliphatic rings. The molecule has 3 rings (SSSR count). The lowest BCUT2D eigenvalue weighted by Crippen LogP contribution is -2.54. The maximum absolute atomic E-state index is 13.0. The van der Waals surface area contributed by atoms with Crippen molar-refractivity contribution in [3.8, 4) is 0 Å². The number of carbonyl (C=O) groups excluding carboxylic acids is 3. The van der Waals surface area contributed by atoms with Gasteiger partial charge in [-0.2, -0.15) is 0 Å². The number of anilines is 2. The van der Waals surface area contributed by atoms with Crippen LogP contribution < -0.4 is 10.6 Å². The minimum atomic E-state index is -0.707. The molecule has 0 radical (unpaired) electrons. The van der Waals surface area contributed by atoms with Crippen LogP contribution in [0.3, 0.4) is 0 Å². The fourth-order valence-electron chi connectivity index (χ4n) is 2.94. The summed E-state index contributed by atoms with van der Waals surface area (Å²) < 4.78 is 13.0. The summed E-state index contributed by atoms with van der Waals surface area (Å²) in [7, 11) is 0. The summed E-state index contributed by atoms with van der Waals surface area (Å²) in [6.07, 6.45) is 0. The number of amides is 3. The smallest absolute Gasteiger partial charge is 0.271 e. The summed E-state index contributed by atoms with van der Waals surface area (Å²) in [6.45, 7) is 5.01. The van der Waals surface area contributed by atoms with Gasteiger partial charge in [0.2, 0.25) is 11.8 Å². The molecular formula is C19H22FN5O3S. The normalized spacial score (nSPS) is 15.0. The van der Waals surface area contributed by atoms with Crippen molar-refractivity contribution in [1.29, 1.82) is 0 Å². The molecule has 2 heterocycles. The number of thiazole rings is 1. The predicted octanol–water partition coefficient (Wildman–Crippen LogP) is 1.83. The number of carbonyl (C=O) groups is 3. The SMILES string of the molecule is CC(=O)N1CCN(C(=O)C(C)NC(=O)c2csc(Nc3ccc(F)cc3)n2)CC1. The van der Waals surface area contributed by atoms with E-state index in [0.717, 1.165) is 0 Å². The minimum Gasteiger partial charge on any atom is -0.339 e. The van der Waals surface area contributed by atoms with E-state index in [1.54, 1.807) is 34.2 Å². The highest BCUT2D eigenvalue weighted by atomic mass is 32.1. The second-order valence-electron chi connectivity index (χ2n) is 6.70. The van der Waals surface area contributed by atoms with Gasteiger partial charge in [-0.15, -0.1) is 11.3 Å². The molecule has 0 bridgehead atoms. The van der Waals surface area contributed by atoms with E-state index < -0.39 is 11.9 Å². The molecular weight excluding hydrogens is 397 g/mol. The largest absolute Gasteiger partial charge is 0.339 e. The highest BCUT2D eigenvalue weighted by molar-refractivity contribution is 7.14. The molecule has 0 saturated carbocycles. The molecule has 3 amide bonds. The van der Waals surface area contributed by atoms with Crippen LogP contribution in [0.25, 0.3) is 0 Å². The standard InChI is InChI=1S/C19H22FN5O3S/c1-12(18(28)25-9-7-24(8-10-25)13(2)26)21-17(27)16-11-29-19(23-16)22-15-5-3-14(20)4-6-15/h3-6,11-12H,7-10H2,1-2H3,(H,21,27)(H,22,23). The lowest BCUT2D eigenvalue weighted by molar-refractivity contribution is -0.139. The van der Waals surface area contributed by atoms with Gasteiger partial charge in [0.15, 0.2) is 5.13 Å². The molecule has 1 atom stereocenters. The van der Waals surface area contributed by atoms with E-state index in [0.29, 0.717) is 37.0 Å². The summed E-state index contributed by atoms with van der Waals surface area (Å²) in [5.74, 6) is -0.985. The summed E-state index contributed by atoms with van der Waals surface area (Å²) in [6, 6.07) is 5.09. The molecule has 0 spiro atoms. The van der Waals surface area contributed by atoms with Gasteiger partial charge < -0.3 is 20.4 Å². The van der Waals surface area contributed by atoms with Gasteiger partial charge in [0, 0.05) is 44.2 Å². The summed E-state index contributed by atoms with van der Waals surface area (Å²) >= 11 is 1.23. The Morgan fingerprint density at radius 2 is 1.72 bits per heavy atom. The molecule has 8 nitrogen and oxygen atoms in total. The Morgan fingerprint density at radius 3 is 2.34 bits per heavy atom. The topological polar surface area (TPSA) is 94.6 Å². The number of hydrogen-bond donors (Lipinski definition) is 2. The first-order valence-electron chi connectivity index (χ1n) is 9.17. The van der Waals surface area contributed by atoms with Crippen molar-refractivity contribution in [1.82, 2.24) is 20.1 Å². The van der Waals surface area contributed by atoms with E-state index >= 15 is 0 Å². The van der Waals surface area contributed by atoms with Crippen molar-refractivity contribution in [3.05, 3.63) is 41.2 Å². The molecule has 2 aromatic rings. The maximum Gasteiger partial charge on any atom is 0.271 e. The summed E-state index contributed by atoms with van der Waals surface area (Å²) in [5.41, 5.74) is 0.849. The summed E-state index contributed by atoms with van der Waals surface area (Å²) in [5, 5.41) is 7.74. The Bertz CT molecular complexity index is 894. The second kappa shape index (κ2) is 8.99. The van der Waals surface area contributed by atoms with E-state index in [2.05, 4.69) is 15.6 Å². The van der Waals surface area contributed by atoms with Gasteiger partial charge in [-0.3, -0.25) is 14.4 Å². The highest BCUT2D eigenvalue weighted by Crippen LogP contribution is 2.21. The average Bonchev–Trinajstić information content (AvgIpc) is 3.18. The van der Waals surface area contributed by atoms with Gasteiger partial charge in [0.1, 0.15) is 17.6 Å². The highest BCUT2D eigenvalue weighted by Gasteiger charge is 2.27. The lowest BCUT2D eigenvalue weighted by atomic mass is 10.2. The maximum atomic E-state index is 13.0. The van der Waals surface area contributed by atoms with Crippen molar-refractivity contribution in [2.75, 3.05) is 31.5 Å². The Labute approximate surface area is 171 Å². The number of benzene rings is 1. The van der Waals surface area contributed by atoms with E-state index in [1.807, 2.05) is 0 Å². The van der Waals surface area contributed by atoms with E-state index in [1.165, 1.54) is 30.4 Å². The summed E-state index contributed by atoms with van der Waals surface area (Å²) in [4.78, 5) is 43.9. The molecule has 10 heteroatoms. The fourth-order valence-corrected chi connectivity index (χ4v) is 3.65. The van der Waals surface area contributed by atoms with Crippen molar-refractivity contribution in [2.45, 2.75) is 19.9 Å². The van der Waals surface area contributed by atoms with Crippen molar-refractivity contribution in [2.24, 2.45) is 0 Å². The van der Waals surface area contributed by atoms with E-state index in [4.69, 9.17) is 0 Å². The molecule has 1 aliphatic heterocycles. The zero-order valence-corrected chi connectivity index (χ0v) is 17.0. The van der Waals surface area contributed by atoms with E-state index in [9.17, 15) is 18.8 Å². The van der Waals surface area contributed by atoms with E-state index in [-0.39, 0.29) is 23.3 Å². The number of piperazine rings is 1. The van der Waals surface area contributed by atoms with Crippen LogP contribution in [0.15, 0.2) is 29.6 Å². The average molecular weight is 419 g/mol. The van der Waals surface area contributed by atoms with Crippen LogP contribution in [0.4, 0.5) is 15.2 Å². The van der Waals surface area contributed by atoms with Crippen LogP contribution in [-0.2, 0) is 9.59 Å². The first-order valence-corrected chi connectivity index (χ1v) is 10.0. The monoisotopic (exact) mass is 419 g/mol. The van der Waals surface area contributed by atoms with Crippen LogP contribution >= 0.6 is 11.3 Å². The quantitative estimate of drug-likeness (QED) is 0.771. The zero-order chi connectivity index (χ0) is 21.0. The molecule has 1 aromatic carbocycles. The number of halogens is 1. The van der Waals surface area contributed by atoms with Gasteiger partial charge in [0.25, 0.3) is 5.91 Å². The Balaban J connectivity index is 1.53. The first-order chi connectivity index (χ1) is 13.8. The molecule has 1 fully saturated rings.